The normalized spacial score (nSPS) is 19.4. The van der Waals surface area contributed by atoms with Crippen molar-refractivity contribution in [3.63, 3.8) is 0 Å². The number of aryl methyl sites for hydroxylation is 1. The van der Waals surface area contributed by atoms with Crippen molar-refractivity contribution in [2.24, 2.45) is 0 Å². The average molecular weight is 330 g/mol. The number of rotatable bonds is 4. The Labute approximate surface area is 132 Å². The predicted octanol–water partition coefficient (Wildman–Crippen LogP) is 2.40. The number of amides is 1. The van der Waals surface area contributed by atoms with E-state index >= 15 is 0 Å². The topological polar surface area (TPSA) is 66.8 Å². The highest BCUT2D eigenvalue weighted by Crippen LogP contribution is 2.25. The van der Waals surface area contributed by atoms with Crippen molar-refractivity contribution in [1.82, 2.24) is 4.90 Å². The van der Waals surface area contributed by atoms with E-state index in [1.54, 1.807) is 25.1 Å². The number of thioether (sulfide) groups is 1. The number of aliphatic carboxylic acids is 1. The quantitative estimate of drug-likeness (QED) is 0.918. The van der Waals surface area contributed by atoms with Gasteiger partial charge < -0.3 is 14.7 Å². The molecule has 1 amide bonds. The summed E-state index contributed by atoms with van der Waals surface area (Å²) in [6, 6.07) is 4.36. The number of carboxylic acids is 1. The molecule has 114 valence electrons. The number of nitrogens with zero attached hydrogens (tertiary/aromatic N) is 1. The van der Waals surface area contributed by atoms with Crippen molar-refractivity contribution in [2.45, 2.75) is 26.0 Å². The van der Waals surface area contributed by atoms with Gasteiger partial charge in [-0.15, -0.1) is 11.8 Å². The summed E-state index contributed by atoms with van der Waals surface area (Å²) >= 11 is 7.30. The highest BCUT2D eigenvalue weighted by molar-refractivity contribution is 7.99. The van der Waals surface area contributed by atoms with E-state index < -0.39 is 18.1 Å². The van der Waals surface area contributed by atoms with E-state index in [0.29, 0.717) is 22.4 Å². The molecule has 1 aliphatic heterocycles. The Morgan fingerprint density at radius 3 is 2.86 bits per heavy atom. The molecular weight excluding hydrogens is 314 g/mol. The van der Waals surface area contributed by atoms with Gasteiger partial charge in [-0.2, -0.15) is 0 Å². The number of carboxylic acid groups (broad SMARTS) is 1. The van der Waals surface area contributed by atoms with Crippen molar-refractivity contribution >= 4 is 35.2 Å². The van der Waals surface area contributed by atoms with Crippen molar-refractivity contribution in [1.29, 1.82) is 0 Å². The third-order valence-electron chi connectivity index (χ3n) is 3.24. The highest BCUT2D eigenvalue weighted by atomic mass is 35.5. The monoisotopic (exact) mass is 329 g/mol. The summed E-state index contributed by atoms with van der Waals surface area (Å²) in [5.41, 5.74) is 0.827. The van der Waals surface area contributed by atoms with Gasteiger partial charge in [-0.3, -0.25) is 4.79 Å². The lowest BCUT2D eigenvalue weighted by molar-refractivity contribution is -0.150. The van der Waals surface area contributed by atoms with Crippen LogP contribution in [0, 0.1) is 6.92 Å². The van der Waals surface area contributed by atoms with Crippen molar-refractivity contribution in [3.8, 4) is 5.75 Å². The maximum Gasteiger partial charge on any atom is 0.327 e. The maximum absolute atomic E-state index is 12.3. The molecule has 0 aromatic heterocycles. The molecule has 1 fully saturated rings. The van der Waals surface area contributed by atoms with Crippen LogP contribution in [-0.2, 0) is 9.59 Å². The molecule has 1 heterocycles. The molecule has 7 heteroatoms. The number of hydrogen-bond donors (Lipinski definition) is 1. The smallest absolute Gasteiger partial charge is 0.327 e. The molecule has 0 radical (unpaired) electrons. The first-order valence-electron chi connectivity index (χ1n) is 6.44. The second-order valence-corrected chi connectivity index (χ2v) is 6.27. The van der Waals surface area contributed by atoms with Gasteiger partial charge in [-0.05, 0) is 37.6 Å². The molecule has 1 N–H and O–H groups in total. The van der Waals surface area contributed by atoms with Crippen molar-refractivity contribution in [2.75, 3.05) is 11.6 Å². The van der Waals surface area contributed by atoms with Crippen molar-refractivity contribution < 1.29 is 19.4 Å². The lowest BCUT2D eigenvalue weighted by atomic mass is 10.2. The fourth-order valence-corrected chi connectivity index (χ4v) is 3.47. The van der Waals surface area contributed by atoms with Crippen LogP contribution in [-0.4, -0.2) is 45.7 Å². The zero-order valence-corrected chi connectivity index (χ0v) is 13.3. The summed E-state index contributed by atoms with van der Waals surface area (Å²) in [4.78, 5) is 24.8. The fourth-order valence-electron chi connectivity index (χ4n) is 2.08. The summed E-state index contributed by atoms with van der Waals surface area (Å²) < 4.78 is 5.65. The van der Waals surface area contributed by atoms with Gasteiger partial charge in [0, 0.05) is 10.8 Å². The minimum absolute atomic E-state index is 0.318. The molecule has 21 heavy (non-hydrogen) atoms. The number of hydrogen-bond acceptors (Lipinski definition) is 4. The first-order valence-corrected chi connectivity index (χ1v) is 7.97. The van der Waals surface area contributed by atoms with E-state index in [9.17, 15) is 9.59 Å². The molecule has 1 aromatic carbocycles. The zero-order chi connectivity index (χ0) is 15.6. The van der Waals surface area contributed by atoms with Crippen LogP contribution in [0.5, 0.6) is 5.75 Å². The van der Waals surface area contributed by atoms with Crippen LogP contribution in [0.4, 0.5) is 0 Å². The second-order valence-electron chi connectivity index (χ2n) is 4.83. The number of halogens is 1. The van der Waals surface area contributed by atoms with E-state index in [0.717, 1.165) is 5.56 Å². The van der Waals surface area contributed by atoms with Gasteiger partial charge in [0.1, 0.15) is 11.8 Å². The fraction of sp³-hybridized carbons (Fsp3) is 0.429. The summed E-state index contributed by atoms with van der Waals surface area (Å²) in [6.45, 7) is 3.46. The van der Waals surface area contributed by atoms with E-state index in [2.05, 4.69) is 0 Å². The van der Waals surface area contributed by atoms with Crippen LogP contribution in [0.1, 0.15) is 12.5 Å². The molecular formula is C14H16ClNO4S. The van der Waals surface area contributed by atoms with Gasteiger partial charge in [-0.1, -0.05) is 11.6 Å². The van der Waals surface area contributed by atoms with Crippen molar-refractivity contribution in [3.05, 3.63) is 28.8 Å². The Morgan fingerprint density at radius 1 is 1.52 bits per heavy atom. The van der Waals surface area contributed by atoms with Gasteiger partial charge in [0.25, 0.3) is 5.91 Å². The van der Waals surface area contributed by atoms with Gasteiger partial charge in [-0.25, -0.2) is 4.79 Å². The number of benzene rings is 1. The zero-order valence-electron chi connectivity index (χ0n) is 11.7. The molecule has 1 aromatic rings. The minimum atomic E-state index is -0.983. The third kappa shape index (κ3) is 3.63. The van der Waals surface area contributed by atoms with Crippen LogP contribution < -0.4 is 4.74 Å². The third-order valence-corrected chi connectivity index (χ3v) is 4.49. The highest BCUT2D eigenvalue weighted by Gasteiger charge is 2.37. The Hall–Kier alpha value is -1.40. The summed E-state index contributed by atoms with van der Waals surface area (Å²) in [7, 11) is 0. The van der Waals surface area contributed by atoms with Crippen LogP contribution in [0.15, 0.2) is 18.2 Å². The van der Waals surface area contributed by atoms with Crippen LogP contribution >= 0.6 is 23.4 Å². The Balaban J connectivity index is 2.07. The lowest BCUT2D eigenvalue weighted by Gasteiger charge is -2.25. The lowest BCUT2D eigenvalue weighted by Crippen LogP contribution is -2.47. The van der Waals surface area contributed by atoms with E-state index in [-0.39, 0.29) is 5.91 Å². The molecule has 2 atom stereocenters. The molecule has 2 rings (SSSR count). The first-order chi connectivity index (χ1) is 9.90. The van der Waals surface area contributed by atoms with Crippen LogP contribution in [0.25, 0.3) is 0 Å². The van der Waals surface area contributed by atoms with Gasteiger partial charge in [0.15, 0.2) is 6.10 Å². The molecule has 1 aliphatic rings. The van der Waals surface area contributed by atoms with Crippen LogP contribution in [0.3, 0.4) is 0 Å². The van der Waals surface area contributed by atoms with E-state index in [1.165, 1.54) is 16.7 Å². The molecule has 1 saturated heterocycles. The molecule has 5 nitrogen and oxygen atoms in total. The summed E-state index contributed by atoms with van der Waals surface area (Å²) in [5, 5.41) is 9.71. The Kier molecular flexibility index (Phi) is 5.00. The predicted molar refractivity (Wildman–Crippen MR) is 81.9 cm³/mol. The van der Waals surface area contributed by atoms with E-state index in [4.69, 9.17) is 21.4 Å². The van der Waals surface area contributed by atoms with Crippen LogP contribution in [0.2, 0.25) is 5.02 Å². The standard InChI is InChI=1S/C14H16ClNO4S/c1-8-5-10(15)3-4-12(8)20-9(2)13(17)16-7-21-6-11(16)14(18)19/h3-5,9,11H,6-7H2,1-2H3,(H,18,19)/t9?,11-/m0/s1. The largest absolute Gasteiger partial charge is 0.481 e. The maximum atomic E-state index is 12.3. The molecule has 0 saturated carbocycles. The first kappa shape index (κ1) is 16.0. The van der Waals surface area contributed by atoms with Gasteiger partial charge in [0.05, 0.1) is 5.88 Å². The average Bonchev–Trinajstić information content (AvgIpc) is 2.90. The van der Waals surface area contributed by atoms with Gasteiger partial charge >= 0.3 is 5.97 Å². The number of ether oxygens (including phenoxy) is 1. The molecule has 0 aliphatic carbocycles. The SMILES string of the molecule is Cc1cc(Cl)ccc1OC(C)C(=O)N1CSC[C@H]1C(=O)O. The summed E-state index contributed by atoms with van der Waals surface area (Å²) in [6.07, 6.45) is -0.745. The molecule has 0 spiro atoms. The van der Waals surface area contributed by atoms with Gasteiger partial charge in [0.2, 0.25) is 0 Å². The Morgan fingerprint density at radius 2 is 2.24 bits per heavy atom. The second kappa shape index (κ2) is 6.58. The molecule has 1 unspecified atom stereocenters. The number of carbonyl (C=O) groups excluding carboxylic acids is 1. The minimum Gasteiger partial charge on any atom is -0.481 e. The number of carbonyl (C=O) groups is 2. The Bertz CT molecular complexity index is 566. The molecule has 0 bridgehead atoms. The van der Waals surface area contributed by atoms with E-state index in [1.807, 2.05) is 6.92 Å². The summed E-state index contributed by atoms with van der Waals surface area (Å²) in [5.74, 6) is 0.0561.